The maximum Gasteiger partial charge on any atom is 0.266 e. The molecular formula is C20H21F3O3. The predicted octanol–water partition coefficient (Wildman–Crippen LogP) is 4.70. The van der Waals surface area contributed by atoms with Gasteiger partial charge in [0.2, 0.25) is 0 Å². The Labute approximate surface area is 150 Å². The molecule has 1 aliphatic carbocycles. The summed E-state index contributed by atoms with van der Waals surface area (Å²) >= 11 is 0. The second-order valence-electron chi connectivity index (χ2n) is 7.04. The van der Waals surface area contributed by atoms with Crippen molar-refractivity contribution in [2.75, 3.05) is 6.79 Å². The fraction of sp³-hybridized carbons (Fsp3) is 0.450. The quantitative estimate of drug-likeness (QED) is 0.758. The molecule has 0 amide bonds. The number of hydrogen-bond acceptors (Lipinski definition) is 3. The molecule has 0 radical (unpaired) electrons. The van der Waals surface area contributed by atoms with Crippen LogP contribution in [-0.4, -0.2) is 18.2 Å². The van der Waals surface area contributed by atoms with E-state index in [2.05, 4.69) is 0 Å². The van der Waals surface area contributed by atoms with Gasteiger partial charge in [0.15, 0.2) is 12.6 Å². The maximum absolute atomic E-state index is 14.2. The summed E-state index contributed by atoms with van der Waals surface area (Å²) in [6, 6.07) is 5.06. The van der Waals surface area contributed by atoms with Gasteiger partial charge in [-0.15, -0.1) is 0 Å². The molecular weight excluding hydrogens is 345 g/mol. The van der Waals surface area contributed by atoms with Crippen LogP contribution < -0.4 is 0 Å². The van der Waals surface area contributed by atoms with Crippen LogP contribution in [0.25, 0.3) is 0 Å². The molecule has 1 saturated heterocycles. The first-order valence-electron chi connectivity index (χ1n) is 8.61. The number of halogens is 3. The minimum Gasteiger partial charge on any atom is -0.469 e. The molecule has 0 bridgehead atoms. The highest BCUT2D eigenvalue weighted by atomic mass is 19.3. The lowest BCUT2D eigenvalue weighted by Crippen LogP contribution is -2.45. The van der Waals surface area contributed by atoms with Crippen LogP contribution in [0.3, 0.4) is 0 Å². The SMILES string of the molecule is Cc1ccc(C[C@H](C)[C@]23C[C@H](CC=C(F)F)C(=O)C=C2OCO3)c(F)c1. The first-order valence-corrected chi connectivity index (χ1v) is 8.61. The minimum atomic E-state index is -1.81. The van der Waals surface area contributed by atoms with Gasteiger partial charge in [0.05, 0.1) is 0 Å². The molecule has 0 N–H and O–H groups in total. The third-order valence-electron chi connectivity index (χ3n) is 5.26. The summed E-state index contributed by atoms with van der Waals surface area (Å²) in [4.78, 5) is 12.2. The Balaban J connectivity index is 1.86. The highest BCUT2D eigenvalue weighted by Gasteiger charge is 2.51. The van der Waals surface area contributed by atoms with Crippen LogP contribution in [0.4, 0.5) is 13.2 Å². The van der Waals surface area contributed by atoms with Gasteiger partial charge < -0.3 is 9.47 Å². The standard InChI is InChI=1S/C20H21F3O3/c1-12-3-4-14(16(21)7-12)8-13(2)20-10-15(5-6-19(22)23)17(24)9-18(20)25-11-26-20/h3-4,6-7,9,13,15H,5,8,10-11H2,1-2H3/t13-,15-,20+/m0/s1. The van der Waals surface area contributed by atoms with E-state index in [1.807, 2.05) is 19.9 Å². The van der Waals surface area contributed by atoms with E-state index in [1.165, 1.54) is 12.1 Å². The van der Waals surface area contributed by atoms with Crippen LogP contribution in [-0.2, 0) is 20.7 Å². The van der Waals surface area contributed by atoms with Gasteiger partial charge in [0, 0.05) is 12.0 Å². The molecule has 26 heavy (non-hydrogen) atoms. The van der Waals surface area contributed by atoms with Crippen LogP contribution >= 0.6 is 0 Å². The van der Waals surface area contributed by atoms with Crippen molar-refractivity contribution in [3.63, 3.8) is 0 Å². The van der Waals surface area contributed by atoms with E-state index in [0.29, 0.717) is 17.7 Å². The molecule has 1 aliphatic heterocycles. The first-order chi connectivity index (χ1) is 12.3. The van der Waals surface area contributed by atoms with Crippen molar-refractivity contribution in [2.24, 2.45) is 11.8 Å². The van der Waals surface area contributed by atoms with Gasteiger partial charge in [0.1, 0.15) is 17.2 Å². The van der Waals surface area contributed by atoms with E-state index in [0.717, 1.165) is 11.6 Å². The van der Waals surface area contributed by atoms with Crippen molar-refractivity contribution in [1.82, 2.24) is 0 Å². The highest BCUT2D eigenvalue weighted by Crippen LogP contribution is 2.46. The number of hydrogen-bond donors (Lipinski definition) is 0. The zero-order chi connectivity index (χ0) is 18.9. The Morgan fingerprint density at radius 1 is 1.42 bits per heavy atom. The zero-order valence-electron chi connectivity index (χ0n) is 14.7. The number of fused-ring (bicyclic) bond motifs is 1. The Kier molecular flexibility index (Phi) is 5.23. The number of benzene rings is 1. The number of ether oxygens (including phenoxy) is 2. The van der Waals surface area contributed by atoms with Crippen molar-refractivity contribution in [1.29, 1.82) is 0 Å². The Morgan fingerprint density at radius 2 is 2.19 bits per heavy atom. The molecule has 0 saturated carbocycles. The van der Waals surface area contributed by atoms with Crippen LogP contribution in [0.1, 0.15) is 30.9 Å². The van der Waals surface area contributed by atoms with Gasteiger partial charge in [0.25, 0.3) is 6.08 Å². The average Bonchev–Trinajstić information content (AvgIpc) is 2.99. The lowest BCUT2D eigenvalue weighted by molar-refractivity contribution is -0.123. The zero-order valence-corrected chi connectivity index (χ0v) is 14.7. The second-order valence-corrected chi connectivity index (χ2v) is 7.04. The Hall–Kier alpha value is -2.08. The molecule has 0 unspecified atom stereocenters. The van der Waals surface area contributed by atoms with Gasteiger partial charge in [-0.25, -0.2) is 4.39 Å². The van der Waals surface area contributed by atoms with E-state index >= 15 is 0 Å². The average molecular weight is 366 g/mol. The van der Waals surface area contributed by atoms with Gasteiger partial charge in [-0.1, -0.05) is 19.1 Å². The van der Waals surface area contributed by atoms with Gasteiger partial charge in [-0.3, -0.25) is 4.79 Å². The molecule has 3 rings (SSSR count). The van der Waals surface area contributed by atoms with E-state index < -0.39 is 17.6 Å². The van der Waals surface area contributed by atoms with Crippen LogP contribution in [0, 0.1) is 24.6 Å². The number of rotatable bonds is 5. The summed E-state index contributed by atoms with van der Waals surface area (Å²) in [6.07, 6.45) is 0.890. The maximum atomic E-state index is 14.2. The molecule has 0 spiro atoms. The molecule has 1 aromatic carbocycles. The molecule has 3 nitrogen and oxygen atoms in total. The third-order valence-corrected chi connectivity index (χ3v) is 5.26. The number of allylic oxidation sites excluding steroid dienone is 2. The Bertz CT molecular complexity index is 768. The minimum absolute atomic E-state index is 0.000134. The van der Waals surface area contributed by atoms with Crippen molar-refractivity contribution in [3.05, 3.63) is 59.1 Å². The number of carbonyl (C=O) groups excluding carboxylic acids is 1. The fourth-order valence-corrected chi connectivity index (χ4v) is 3.76. The molecule has 3 atom stereocenters. The van der Waals surface area contributed by atoms with E-state index in [-0.39, 0.29) is 37.2 Å². The van der Waals surface area contributed by atoms with Gasteiger partial charge in [-0.2, -0.15) is 8.78 Å². The summed E-state index contributed by atoms with van der Waals surface area (Å²) < 4.78 is 50.4. The van der Waals surface area contributed by atoms with Crippen molar-refractivity contribution < 1.29 is 27.4 Å². The van der Waals surface area contributed by atoms with E-state index in [1.54, 1.807) is 6.07 Å². The molecule has 1 heterocycles. The van der Waals surface area contributed by atoms with Gasteiger partial charge in [-0.05, 0) is 55.4 Å². The fourth-order valence-electron chi connectivity index (χ4n) is 3.76. The summed E-state index contributed by atoms with van der Waals surface area (Å²) in [5.41, 5.74) is 0.494. The number of carbonyl (C=O) groups is 1. The molecule has 2 aliphatic rings. The monoisotopic (exact) mass is 366 g/mol. The number of ketones is 1. The third kappa shape index (κ3) is 3.56. The molecule has 140 valence electrons. The topological polar surface area (TPSA) is 35.5 Å². The molecule has 1 aromatic rings. The van der Waals surface area contributed by atoms with Crippen LogP contribution in [0.5, 0.6) is 0 Å². The smallest absolute Gasteiger partial charge is 0.266 e. The van der Waals surface area contributed by atoms with Gasteiger partial charge >= 0.3 is 0 Å². The Morgan fingerprint density at radius 3 is 2.88 bits per heavy atom. The summed E-state index contributed by atoms with van der Waals surface area (Å²) in [6.45, 7) is 3.72. The lowest BCUT2D eigenvalue weighted by atomic mass is 9.71. The van der Waals surface area contributed by atoms with Crippen LogP contribution in [0.2, 0.25) is 0 Å². The first kappa shape index (κ1) is 18.7. The number of aryl methyl sites for hydroxylation is 1. The predicted molar refractivity (Wildman–Crippen MR) is 89.9 cm³/mol. The second kappa shape index (κ2) is 7.27. The molecule has 1 fully saturated rings. The summed E-state index contributed by atoms with van der Waals surface area (Å²) in [7, 11) is 0. The van der Waals surface area contributed by atoms with Crippen LogP contribution in [0.15, 0.2) is 42.2 Å². The van der Waals surface area contributed by atoms with E-state index in [9.17, 15) is 18.0 Å². The highest BCUT2D eigenvalue weighted by molar-refractivity contribution is 5.93. The largest absolute Gasteiger partial charge is 0.469 e. The van der Waals surface area contributed by atoms with Crippen molar-refractivity contribution >= 4 is 5.78 Å². The van der Waals surface area contributed by atoms with E-state index in [4.69, 9.17) is 9.47 Å². The van der Waals surface area contributed by atoms with Crippen molar-refractivity contribution in [3.8, 4) is 0 Å². The summed E-state index contributed by atoms with van der Waals surface area (Å²) in [5.74, 6) is -0.908. The lowest BCUT2D eigenvalue weighted by Gasteiger charge is -2.38. The molecule has 6 heteroatoms. The van der Waals surface area contributed by atoms with Crippen molar-refractivity contribution in [2.45, 2.75) is 38.7 Å². The normalized spacial score (nSPS) is 26.0. The molecule has 0 aromatic heterocycles. The summed E-state index contributed by atoms with van der Waals surface area (Å²) in [5, 5.41) is 0.